The summed E-state index contributed by atoms with van der Waals surface area (Å²) in [5.41, 5.74) is 0.657. The van der Waals surface area contributed by atoms with Crippen LogP contribution in [0.15, 0.2) is 24.3 Å². The molecule has 0 aromatic heterocycles. The number of carboxylic acids is 1. The number of aliphatic carboxylic acids is 1. The van der Waals surface area contributed by atoms with Crippen LogP contribution in [-0.2, 0) is 14.3 Å². The molecule has 1 rings (SSSR count). The highest BCUT2D eigenvalue weighted by Crippen LogP contribution is 2.16. The molecular weight excluding hydrogens is 262 g/mol. The Hall–Kier alpha value is -2.08. The molecule has 6 nitrogen and oxygen atoms in total. The van der Waals surface area contributed by atoms with Crippen molar-refractivity contribution in [3.05, 3.63) is 24.3 Å². The van der Waals surface area contributed by atoms with E-state index in [0.717, 1.165) is 0 Å². The predicted octanol–water partition coefficient (Wildman–Crippen LogP) is 1.91. The van der Waals surface area contributed by atoms with E-state index in [-0.39, 0.29) is 18.7 Å². The number of benzene rings is 1. The Bertz CT molecular complexity index is 430. The SMILES string of the molecule is COCCOc1ccc(NC(=O)CCCC(=O)O)cc1. The Morgan fingerprint density at radius 3 is 2.45 bits per heavy atom. The number of anilines is 1. The summed E-state index contributed by atoms with van der Waals surface area (Å²) in [5, 5.41) is 11.2. The fourth-order valence-electron chi connectivity index (χ4n) is 1.50. The second kappa shape index (κ2) is 8.92. The summed E-state index contributed by atoms with van der Waals surface area (Å²) < 4.78 is 10.3. The molecule has 0 atom stereocenters. The largest absolute Gasteiger partial charge is 0.491 e. The van der Waals surface area contributed by atoms with Crippen molar-refractivity contribution in [2.24, 2.45) is 0 Å². The Morgan fingerprint density at radius 1 is 1.15 bits per heavy atom. The number of amides is 1. The Balaban J connectivity index is 2.33. The summed E-state index contributed by atoms with van der Waals surface area (Å²) in [7, 11) is 1.60. The maximum absolute atomic E-state index is 11.5. The van der Waals surface area contributed by atoms with Crippen LogP contribution in [0.2, 0.25) is 0 Å². The van der Waals surface area contributed by atoms with Crippen LogP contribution < -0.4 is 10.1 Å². The zero-order chi connectivity index (χ0) is 14.8. The highest BCUT2D eigenvalue weighted by molar-refractivity contribution is 5.90. The third kappa shape index (κ3) is 6.75. The smallest absolute Gasteiger partial charge is 0.303 e. The summed E-state index contributed by atoms with van der Waals surface area (Å²) in [6.45, 7) is 0.986. The number of rotatable bonds is 9. The van der Waals surface area contributed by atoms with Gasteiger partial charge in [0.1, 0.15) is 12.4 Å². The Kier molecular flexibility index (Phi) is 7.13. The van der Waals surface area contributed by atoms with Crippen LogP contribution in [0.1, 0.15) is 19.3 Å². The van der Waals surface area contributed by atoms with Gasteiger partial charge in [-0.05, 0) is 30.7 Å². The molecule has 0 spiro atoms. The third-order valence-electron chi connectivity index (χ3n) is 2.49. The molecule has 2 N–H and O–H groups in total. The summed E-state index contributed by atoms with van der Waals surface area (Å²) in [5.74, 6) is -0.388. The van der Waals surface area contributed by atoms with Crippen molar-refractivity contribution < 1.29 is 24.2 Å². The van der Waals surface area contributed by atoms with E-state index in [4.69, 9.17) is 14.6 Å². The van der Waals surface area contributed by atoms with Gasteiger partial charge in [-0.1, -0.05) is 0 Å². The van der Waals surface area contributed by atoms with Crippen LogP contribution in [0, 0.1) is 0 Å². The molecule has 1 aromatic rings. The molecule has 0 saturated carbocycles. The molecular formula is C14H19NO5. The first kappa shape index (κ1) is 16.0. The highest BCUT2D eigenvalue weighted by atomic mass is 16.5. The molecule has 6 heteroatoms. The van der Waals surface area contributed by atoms with E-state index in [9.17, 15) is 9.59 Å². The predicted molar refractivity (Wildman–Crippen MR) is 73.9 cm³/mol. The molecule has 110 valence electrons. The van der Waals surface area contributed by atoms with E-state index >= 15 is 0 Å². The number of carboxylic acid groups (broad SMARTS) is 1. The number of hydrogen-bond donors (Lipinski definition) is 2. The van der Waals surface area contributed by atoms with Crippen LogP contribution >= 0.6 is 0 Å². The molecule has 0 aliphatic heterocycles. The number of carbonyl (C=O) groups is 2. The molecule has 1 amide bonds. The number of nitrogens with one attached hydrogen (secondary N) is 1. The summed E-state index contributed by atoms with van der Waals surface area (Å²) in [6, 6.07) is 6.97. The molecule has 1 aromatic carbocycles. The van der Waals surface area contributed by atoms with Gasteiger partial charge in [0, 0.05) is 25.6 Å². The number of methoxy groups -OCH3 is 1. The summed E-state index contributed by atoms with van der Waals surface area (Å²) >= 11 is 0. The molecule has 0 aliphatic rings. The standard InChI is InChI=1S/C14H19NO5/c1-19-9-10-20-12-7-5-11(6-8-12)15-13(16)3-2-4-14(17)18/h5-8H,2-4,9-10H2,1H3,(H,15,16)(H,17,18). The molecule has 20 heavy (non-hydrogen) atoms. The first-order chi connectivity index (χ1) is 9.61. The molecule has 0 radical (unpaired) electrons. The van der Waals surface area contributed by atoms with Crippen LogP contribution in [0.4, 0.5) is 5.69 Å². The topological polar surface area (TPSA) is 84.9 Å². The fourth-order valence-corrected chi connectivity index (χ4v) is 1.50. The van der Waals surface area contributed by atoms with Crippen molar-refractivity contribution in [2.45, 2.75) is 19.3 Å². The lowest BCUT2D eigenvalue weighted by Crippen LogP contribution is -2.11. The first-order valence-corrected chi connectivity index (χ1v) is 6.35. The first-order valence-electron chi connectivity index (χ1n) is 6.35. The zero-order valence-corrected chi connectivity index (χ0v) is 11.4. The van der Waals surface area contributed by atoms with Crippen molar-refractivity contribution in [2.75, 3.05) is 25.6 Å². The molecule has 0 heterocycles. The van der Waals surface area contributed by atoms with Crippen LogP contribution in [-0.4, -0.2) is 37.3 Å². The minimum atomic E-state index is -0.893. The monoisotopic (exact) mass is 281 g/mol. The highest BCUT2D eigenvalue weighted by Gasteiger charge is 2.04. The van der Waals surface area contributed by atoms with Gasteiger partial charge in [-0.3, -0.25) is 9.59 Å². The van der Waals surface area contributed by atoms with Crippen molar-refractivity contribution in [1.82, 2.24) is 0 Å². The van der Waals surface area contributed by atoms with E-state index in [2.05, 4.69) is 5.32 Å². The van der Waals surface area contributed by atoms with Crippen molar-refractivity contribution >= 4 is 17.6 Å². The normalized spacial score (nSPS) is 10.1. The maximum atomic E-state index is 11.5. The lowest BCUT2D eigenvalue weighted by Gasteiger charge is -2.07. The third-order valence-corrected chi connectivity index (χ3v) is 2.49. The van der Waals surface area contributed by atoms with E-state index in [1.54, 1.807) is 31.4 Å². The maximum Gasteiger partial charge on any atom is 0.303 e. The van der Waals surface area contributed by atoms with Gasteiger partial charge in [0.15, 0.2) is 0 Å². The summed E-state index contributed by atoms with van der Waals surface area (Å²) in [6.07, 6.45) is 0.525. The number of hydrogen-bond acceptors (Lipinski definition) is 4. The van der Waals surface area contributed by atoms with Gasteiger partial charge in [-0.2, -0.15) is 0 Å². The van der Waals surface area contributed by atoms with Gasteiger partial charge in [0.2, 0.25) is 5.91 Å². The van der Waals surface area contributed by atoms with Crippen LogP contribution in [0.5, 0.6) is 5.75 Å². The number of ether oxygens (including phenoxy) is 2. The second-order valence-corrected chi connectivity index (χ2v) is 4.16. The van der Waals surface area contributed by atoms with Gasteiger partial charge in [-0.25, -0.2) is 0 Å². The fraction of sp³-hybridized carbons (Fsp3) is 0.429. The lowest BCUT2D eigenvalue weighted by molar-refractivity contribution is -0.137. The van der Waals surface area contributed by atoms with Gasteiger partial charge < -0.3 is 19.9 Å². The minimum absolute atomic E-state index is 0.000300. The second-order valence-electron chi connectivity index (χ2n) is 4.16. The Labute approximate surface area is 117 Å². The van der Waals surface area contributed by atoms with Gasteiger partial charge in [-0.15, -0.1) is 0 Å². The van der Waals surface area contributed by atoms with E-state index in [0.29, 0.717) is 31.1 Å². The van der Waals surface area contributed by atoms with Gasteiger partial charge in [0.05, 0.1) is 6.61 Å². The quantitative estimate of drug-likeness (QED) is 0.675. The minimum Gasteiger partial charge on any atom is -0.491 e. The van der Waals surface area contributed by atoms with Crippen molar-refractivity contribution in [1.29, 1.82) is 0 Å². The molecule has 0 aliphatic carbocycles. The molecule has 0 bridgehead atoms. The van der Waals surface area contributed by atoms with Gasteiger partial charge >= 0.3 is 5.97 Å². The average Bonchev–Trinajstić information content (AvgIpc) is 2.40. The van der Waals surface area contributed by atoms with Crippen molar-refractivity contribution in [3.8, 4) is 5.75 Å². The van der Waals surface area contributed by atoms with E-state index < -0.39 is 5.97 Å². The van der Waals surface area contributed by atoms with Crippen LogP contribution in [0.25, 0.3) is 0 Å². The van der Waals surface area contributed by atoms with Crippen molar-refractivity contribution in [3.63, 3.8) is 0 Å². The molecule has 0 unspecified atom stereocenters. The van der Waals surface area contributed by atoms with Gasteiger partial charge in [0.25, 0.3) is 0 Å². The zero-order valence-electron chi connectivity index (χ0n) is 11.4. The molecule has 0 fully saturated rings. The number of carbonyl (C=O) groups excluding carboxylic acids is 1. The molecule has 0 saturated heterocycles. The lowest BCUT2D eigenvalue weighted by atomic mass is 10.2. The van der Waals surface area contributed by atoms with E-state index in [1.165, 1.54) is 0 Å². The van der Waals surface area contributed by atoms with E-state index in [1.807, 2.05) is 0 Å². The Morgan fingerprint density at radius 2 is 1.85 bits per heavy atom. The van der Waals surface area contributed by atoms with Crippen LogP contribution in [0.3, 0.4) is 0 Å². The summed E-state index contributed by atoms with van der Waals surface area (Å²) in [4.78, 5) is 21.9. The average molecular weight is 281 g/mol.